The Balaban J connectivity index is 1.66. The molecule has 0 atom stereocenters. The Morgan fingerprint density at radius 2 is 1.57 bits per heavy atom. The Morgan fingerprint density at radius 3 is 2.16 bits per heavy atom. The van der Waals surface area contributed by atoms with E-state index >= 15 is 0 Å². The third-order valence-electron chi connectivity index (χ3n) is 5.26. The fourth-order valence-electron chi connectivity index (χ4n) is 3.27. The van der Waals surface area contributed by atoms with Crippen molar-refractivity contribution in [3.05, 3.63) is 86.9 Å². The molecule has 0 aliphatic carbocycles. The maximum atomic E-state index is 12.6. The summed E-state index contributed by atoms with van der Waals surface area (Å²) in [5.74, 6) is -0.182. The molecule has 0 spiro atoms. The Labute approximate surface area is 225 Å². The lowest BCUT2D eigenvalue weighted by molar-refractivity contribution is -0.118. The first kappa shape index (κ1) is 27.6. The van der Waals surface area contributed by atoms with Crippen molar-refractivity contribution in [1.29, 1.82) is 5.26 Å². The molecule has 0 heterocycles. The van der Waals surface area contributed by atoms with Crippen LogP contribution in [0.2, 0.25) is 10.0 Å². The molecule has 0 saturated carbocycles. The van der Waals surface area contributed by atoms with E-state index in [1.165, 1.54) is 18.2 Å². The lowest BCUT2D eigenvalue weighted by atomic mass is 10.1. The maximum absolute atomic E-state index is 12.6. The number of nitriles is 1. The molecule has 0 aliphatic heterocycles. The van der Waals surface area contributed by atoms with E-state index in [0.717, 1.165) is 11.1 Å². The number of hydrogen-bond acceptors (Lipinski definition) is 5. The van der Waals surface area contributed by atoms with Gasteiger partial charge in [0.1, 0.15) is 17.4 Å². The monoisotopic (exact) mass is 537 g/mol. The van der Waals surface area contributed by atoms with Gasteiger partial charge in [-0.2, -0.15) is 5.26 Å². The second-order valence-electron chi connectivity index (χ2n) is 8.03. The number of hydrogen-bond donors (Lipinski definition) is 2. The SMILES string of the molecule is CCOc1ccc(NC(=O)/C(C#N)=C/c2cc(Cl)c(OCC(=O)Nc3ccc(C)c(C)c3)c(Cl)c2)cc1. The fraction of sp³-hybridized carbons (Fsp3) is 0.179. The molecule has 2 N–H and O–H groups in total. The molecule has 0 aliphatic rings. The third-order valence-corrected chi connectivity index (χ3v) is 5.82. The lowest BCUT2D eigenvalue weighted by Crippen LogP contribution is -2.20. The minimum Gasteiger partial charge on any atom is -0.494 e. The summed E-state index contributed by atoms with van der Waals surface area (Å²) in [7, 11) is 0. The van der Waals surface area contributed by atoms with Crippen LogP contribution in [0.5, 0.6) is 11.5 Å². The predicted molar refractivity (Wildman–Crippen MR) is 146 cm³/mol. The van der Waals surface area contributed by atoms with E-state index < -0.39 is 5.91 Å². The molecule has 3 aromatic rings. The zero-order chi connectivity index (χ0) is 26.9. The molecular weight excluding hydrogens is 513 g/mol. The summed E-state index contributed by atoms with van der Waals surface area (Å²) in [5, 5.41) is 15.2. The average Bonchev–Trinajstić information content (AvgIpc) is 2.85. The normalized spacial score (nSPS) is 10.9. The van der Waals surface area contributed by atoms with Crippen LogP contribution in [-0.2, 0) is 9.59 Å². The zero-order valence-electron chi connectivity index (χ0n) is 20.5. The molecule has 0 fully saturated rings. The van der Waals surface area contributed by atoms with Gasteiger partial charge in [-0.15, -0.1) is 0 Å². The van der Waals surface area contributed by atoms with Gasteiger partial charge < -0.3 is 20.1 Å². The molecule has 3 aromatic carbocycles. The van der Waals surface area contributed by atoms with Gasteiger partial charge in [0, 0.05) is 11.4 Å². The van der Waals surface area contributed by atoms with Crippen molar-refractivity contribution in [3.8, 4) is 17.6 Å². The molecule has 2 amide bonds. The van der Waals surface area contributed by atoms with Gasteiger partial charge in [-0.3, -0.25) is 9.59 Å². The topological polar surface area (TPSA) is 100 Å². The standard InChI is InChI=1S/C28H25Cl2N3O4/c1-4-36-23-9-7-21(8-10-23)33-28(35)20(15-31)12-19-13-24(29)27(25(30)14-19)37-16-26(34)32-22-6-5-17(2)18(3)11-22/h5-14H,4,16H2,1-3H3,(H,32,34)(H,33,35)/b20-12+. The molecule has 9 heteroatoms. The fourth-order valence-corrected chi connectivity index (χ4v) is 3.88. The quantitative estimate of drug-likeness (QED) is 0.237. The van der Waals surface area contributed by atoms with Crippen LogP contribution in [0.1, 0.15) is 23.6 Å². The molecule has 0 bridgehead atoms. The molecule has 0 saturated heterocycles. The van der Waals surface area contributed by atoms with Crippen molar-refractivity contribution in [2.24, 2.45) is 0 Å². The van der Waals surface area contributed by atoms with Crippen LogP contribution in [0.25, 0.3) is 6.08 Å². The molecule has 7 nitrogen and oxygen atoms in total. The van der Waals surface area contributed by atoms with Crippen LogP contribution in [0.3, 0.4) is 0 Å². The molecule has 0 radical (unpaired) electrons. The summed E-state index contributed by atoms with van der Waals surface area (Å²) in [6.45, 7) is 6.04. The third kappa shape index (κ3) is 7.74. The van der Waals surface area contributed by atoms with Crippen molar-refractivity contribution in [2.45, 2.75) is 20.8 Å². The van der Waals surface area contributed by atoms with E-state index in [2.05, 4.69) is 10.6 Å². The number of benzene rings is 3. The summed E-state index contributed by atoms with van der Waals surface area (Å²) < 4.78 is 10.9. The number of nitrogens with one attached hydrogen (secondary N) is 2. The molecule has 190 valence electrons. The van der Waals surface area contributed by atoms with Gasteiger partial charge in [0.2, 0.25) is 0 Å². The highest BCUT2D eigenvalue weighted by molar-refractivity contribution is 6.37. The number of aryl methyl sites for hydroxylation is 2. The first-order valence-electron chi connectivity index (χ1n) is 11.3. The Kier molecular flexibility index (Phi) is 9.56. The number of carbonyl (C=O) groups excluding carboxylic acids is 2. The summed E-state index contributed by atoms with van der Waals surface area (Å²) in [6.07, 6.45) is 1.36. The largest absolute Gasteiger partial charge is 0.494 e. The highest BCUT2D eigenvalue weighted by Crippen LogP contribution is 2.35. The van der Waals surface area contributed by atoms with Gasteiger partial charge in [-0.25, -0.2) is 0 Å². The van der Waals surface area contributed by atoms with Crippen LogP contribution < -0.4 is 20.1 Å². The first-order chi connectivity index (χ1) is 17.7. The number of anilines is 2. The molecular formula is C28H25Cl2N3O4. The summed E-state index contributed by atoms with van der Waals surface area (Å²) in [5.41, 5.74) is 3.60. The van der Waals surface area contributed by atoms with E-state index in [1.54, 1.807) is 30.3 Å². The van der Waals surface area contributed by atoms with E-state index in [4.69, 9.17) is 32.7 Å². The van der Waals surface area contributed by atoms with Crippen molar-refractivity contribution in [1.82, 2.24) is 0 Å². The summed E-state index contributed by atoms with van der Waals surface area (Å²) in [4.78, 5) is 24.9. The highest BCUT2D eigenvalue weighted by atomic mass is 35.5. The first-order valence-corrected chi connectivity index (χ1v) is 12.1. The van der Waals surface area contributed by atoms with Crippen LogP contribution >= 0.6 is 23.2 Å². The van der Waals surface area contributed by atoms with E-state index in [9.17, 15) is 14.9 Å². The van der Waals surface area contributed by atoms with Crippen LogP contribution in [0, 0.1) is 25.2 Å². The van der Waals surface area contributed by atoms with Crippen LogP contribution in [-0.4, -0.2) is 25.0 Å². The van der Waals surface area contributed by atoms with Crippen molar-refractivity contribution < 1.29 is 19.1 Å². The predicted octanol–water partition coefficient (Wildman–Crippen LogP) is 6.57. The Morgan fingerprint density at radius 1 is 0.919 bits per heavy atom. The van der Waals surface area contributed by atoms with Gasteiger partial charge >= 0.3 is 0 Å². The van der Waals surface area contributed by atoms with Crippen LogP contribution in [0.15, 0.2) is 60.2 Å². The van der Waals surface area contributed by atoms with Gasteiger partial charge in [0.15, 0.2) is 12.4 Å². The average molecular weight is 538 g/mol. The van der Waals surface area contributed by atoms with Gasteiger partial charge in [0.25, 0.3) is 11.8 Å². The summed E-state index contributed by atoms with van der Waals surface area (Å²) in [6, 6.07) is 17.2. The van der Waals surface area contributed by atoms with Crippen molar-refractivity contribution >= 4 is 52.5 Å². The number of ether oxygens (including phenoxy) is 2. The van der Waals surface area contributed by atoms with E-state index in [1.807, 2.05) is 39.0 Å². The number of carbonyl (C=O) groups is 2. The van der Waals surface area contributed by atoms with Crippen molar-refractivity contribution in [3.63, 3.8) is 0 Å². The van der Waals surface area contributed by atoms with Crippen LogP contribution in [0.4, 0.5) is 11.4 Å². The smallest absolute Gasteiger partial charge is 0.266 e. The molecule has 37 heavy (non-hydrogen) atoms. The minimum atomic E-state index is -0.595. The van der Waals surface area contributed by atoms with Crippen molar-refractivity contribution in [2.75, 3.05) is 23.8 Å². The second kappa shape index (κ2) is 12.8. The van der Waals surface area contributed by atoms with E-state index in [-0.39, 0.29) is 33.9 Å². The van der Waals surface area contributed by atoms with Gasteiger partial charge in [-0.05, 0) is 92.1 Å². The zero-order valence-corrected chi connectivity index (χ0v) is 22.0. The summed E-state index contributed by atoms with van der Waals surface area (Å²) >= 11 is 12.7. The molecule has 0 unspecified atom stereocenters. The van der Waals surface area contributed by atoms with Gasteiger partial charge in [-0.1, -0.05) is 29.3 Å². The second-order valence-corrected chi connectivity index (χ2v) is 8.85. The lowest BCUT2D eigenvalue weighted by Gasteiger charge is -2.12. The van der Waals surface area contributed by atoms with E-state index in [0.29, 0.717) is 29.3 Å². The number of halogens is 2. The molecule has 0 aromatic heterocycles. The highest BCUT2D eigenvalue weighted by Gasteiger charge is 2.14. The molecule has 3 rings (SSSR count). The Hall–Kier alpha value is -3.99. The van der Waals surface area contributed by atoms with Gasteiger partial charge in [0.05, 0.1) is 16.7 Å². The Bertz CT molecular complexity index is 1360. The maximum Gasteiger partial charge on any atom is 0.266 e. The number of amides is 2. The number of rotatable bonds is 9. The number of nitrogens with zero attached hydrogens (tertiary/aromatic N) is 1. The minimum absolute atomic E-state index is 0.119.